The topological polar surface area (TPSA) is 24.4 Å². The normalized spacial score (nSPS) is 12.8. The van der Waals surface area contributed by atoms with Crippen LogP contribution in [0.1, 0.15) is 19.4 Å². The van der Waals surface area contributed by atoms with Gasteiger partial charge in [0.2, 0.25) is 0 Å². The highest BCUT2D eigenvalue weighted by Gasteiger charge is 2.29. The molecule has 1 aromatic rings. The largest absolute Gasteiger partial charge is 0.416 e. The molecule has 1 aromatic carbocycles. The van der Waals surface area contributed by atoms with Crippen molar-refractivity contribution in [2.45, 2.75) is 20.0 Å². The van der Waals surface area contributed by atoms with Crippen molar-refractivity contribution >= 4 is 11.4 Å². The van der Waals surface area contributed by atoms with Crippen LogP contribution in [-0.2, 0) is 6.18 Å². The molecule has 0 fully saturated rings. The summed E-state index contributed by atoms with van der Waals surface area (Å²) in [6, 6.07) is 4.76. The Morgan fingerprint density at radius 1 is 1.26 bits per heavy atom. The summed E-state index contributed by atoms with van der Waals surface area (Å²) in [4.78, 5) is 4.09. The standard InChI is InChI=1S/C14H15F3N2/c1-4-9-18-10(2)11(3)19-13-7-5-12(6-8-13)14(15,16)17/h4-9,19H,3H2,1-2H3/b9-4-,18-10?. The molecular formula is C14H15F3N2. The molecule has 5 heteroatoms. The SMILES string of the molecule is C=C(Nc1ccc(C(F)(F)F)cc1)C(C)=N/C=C\C. The van der Waals surface area contributed by atoms with E-state index in [2.05, 4.69) is 16.9 Å². The molecule has 0 aliphatic heterocycles. The summed E-state index contributed by atoms with van der Waals surface area (Å²) in [5, 5.41) is 2.90. The first kappa shape index (κ1) is 15.0. The maximum Gasteiger partial charge on any atom is 0.416 e. The van der Waals surface area contributed by atoms with Gasteiger partial charge in [0.05, 0.1) is 17.0 Å². The summed E-state index contributed by atoms with van der Waals surface area (Å²) in [5.74, 6) is 0. The molecule has 0 radical (unpaired) electrons. The van der Waals surface area contributed by atoms with Crippen molar-refractivity contribution in [3.8, 4) is 0 Å². The van der Waals surface area contributed by atoms with E-state index in [-0.39, 0.29) is 0 Å². The maximum atomic E-state index is 12.4. The zero-order chi connectivity index (χ0) is 14.5. The molecule has 102 valence electrons. The van der Waals surface area contributed by atoms with Crippen molar-refractivity contribution in [3.05, 3.63) is 54.4 Å². The summed E-state index contributed by atoms with van der Waals surface area (Å²) >= 11 is 0. The van der Waals surface area contributed by atoms with Gasteiger partial charge in [0.1, 0.15) is 0 Å². The molecule has 19 heavy (non-hydrogen) atoms. The first-order valence-corrected chi connectivity index (χ1v) is 5.63. The molecule has 0 bridgehead atoms. The van der Waals surface area contributed by atoms with E-state index in [1.165, 1.54) is 12.1 Å². The number of aliphatic imine (C=N–C) groups is 1. The van der Waals surface area contributed by atoms with Crippen LogP contribution in [0.4, 0.5) is 18.9 Å². The Hall–Kier alpha value is -2.04. The molecule has 0 atom stereocenters. The molecule has 0 heterocycles. The highest BCUT2D eigenvalue weighted by atomic mass is 19.4. The van der Waals surface area contributed by atoms with Crippen LogP contribution in [0.3, 0.4) is 0 Å². The highest BCUT2D eigenvalue weighted by molar-refractivity contribution is 6.00. The van der Waals surface area contributed by atoms with Gasteiger partial charge < -0.3 is 5.32 Å². The van der Waals surface area contributed by atoms with E-state index in [1.807, 2.05) is 6.92 Å². The Kier molecular flexibility index (Phi) is 4.92. The number of hydrogen-bond acceptors (Lipinski definition) is 2. The second-order valence-corrected chi connectivity index (χ2v) is 3.88. The number of anilines is 1. The fourth-order valence-corrected chi connectivity index (χ4v) is 1.27. The fourth-order valence-electron chi connectivity index (χ4n) is 1.27. The van der Waals surface area contributed by atoms with Crippen molar-refractivity contribution in [2.75, 3.05) is 5.32 Å². The highest BCUT2D eigenvalue weighted by Crippen LogP contribution is 2.29. The lowest BCUT2D eigenvalue weighted by molar-refractivity contribution is -0.137. The Morgan fingerprint density at radius 3 is 2.32 bits per heavy atom. The Balaban J connectivity index is 2.76. The Morgan fingerprint density at radius 2 is 1.84 bits per heavy atom. The van der Waals surface area contributed by atoms with Crippen LogP contribution < -0.4 is 5.32 Å². The number of halogens is 3. The molecule has 0 aliphatic carbocycles. The smallest absolute Gasteiger partial charge is 0.355 e. The molecule has 0 saturated heterocycles. The summed E-state index contributed by atoms with van der Waals surface area (Å²) < 4.78 is 37.2. The van der Waals surface area contributed by atoms with Crippen LogP contribution in [-0.4, -0.2) is 5.71 Å². The van der Waals surface area contributed by atoms with Crippen LogP contribution in [0.2, 0.25) is 0 Å². The van der Waals surface area contributed by atoms with Gasteiger partial charge in [-0.15, -0.1) is 0 Å². The molecule has 1 N–H and O–H groups in total. The molecule has 0 aromatic heterocycles. The van der Waals surface area contributed by atoms with Crippen molar-refractivity contribution in [1.82, 2.24) is 0 Å². The average Bonchev–Trinajstić information content (AvgIpc) is 2.35. The molecule has 0 aliphatic rings. The minimum Gasteiger partial charge on any atom is -0.355 e. The number of allylic oxidation sites excluding steroid dienone is 2. The van der Waals surface area contributed by atoms with Crippen LogP contribution >= 0.6 is 0 Å². The molecular weight excluding hydrogens is 253 g/mol. The van der Waals surface area contributed by atoms with Crippen molar-refractivity contribution < 1.29 is 13.2 Å². The average molecular weight is 268 g/mol. The first-order chi connectivity index (χ1) is 8.84. The van der Waals surface area contributed by atoms with Gasteiger partial charge in [-0.1, -0.05) is 12.7 Å². The molecule has 0 amide bonds. The summed E-state index contributed by atoms with van der Waals surface area (Å²) in [6.07, 6.45) is -0.928. The lowest BCUT2D eigenvalue weighted by Gasteiger charge is -2.11. The van der Waals surface area contributed by atoms with Crippen LogP contribution in [0.15, 0.2) is 53.8 Å². The number of nitrogens with zero attached hydrogens (tertiary/aromatic N) is 1. The van der Waals surface area contributed by atoms with Gasteiger partial charge in [0.25, 0.3) is 0 Å². The second kappa shape index (κ2) is 6.22. The quantitative estimate of drug-likeness (QED) is 0.791. The first-order valence-electron chi connectivity index (χ1n) is 5.63. The minimum absolute atomic E-state index is 0.535. The number of benzene rings is 1. The van der Waals surface area contributed by atoms with Gasteiger partial charge in [0, 0.05) is 11.9 Å². The third kappa shape index (κ3) is 4.62. The zero-order valence-electron chi connectivity index (χ0n) is 10.8. The van der Waals surface area contributed by atoms with Crippen molar-refractivity contribution in [2.24, 2.45) is 4.99 Å². The van der Waals surface area contributed by atoms with Gasteiger partial charge in [-0.2, -0.15) is 13.2 Å². The number of rotatable bonds is 4. The van der Waals surface area contributed by atoms with E-state index in [0.717, 1.165) is 12.1 Å². The van der Waals surface area contributed by atoms with Gasteiger partial charge in [-0.25, -0.2) is 0 Å². The van der Waals surface area contributed by atoms with E-state index in [1.54, 1.807) is 19.2 Å². The maximum absolute atomic E-state index is 12.4. The van der Waals surface area contributed by atoms with Crippen molar-refractivity contribution in [3.63, 3.8) is 0 Å². The predicted octanol–water partition coefficient (Wildman–Crippen LogP) is 4.63. The van der Waals surface area contributed by atoms with Gasteiger partial charge in [-0.05, 0) is 38.1 Å². The van der Waals surface area contributed by atoms with Crippen molar-refractivity contribution in [1.29, 1.82) is 0 Å². The van der Waals surface area contributed by atoms with Gasteiger partial charge in [0.15, 0.2) is 0 Å². The molecule has 2 nitrogen and oxygen atoms in total. The van der Waals surface area contributed by atoms with Crippen LogP contribution in [0, 0.1) is 0 Å². The van der Waals surface area contributed by atoms with Crippen LogP contribution in [0.5, 0.6) is 0 Å². The Labute approximate surface area is 110 Å². The van der Waals surface area contributed by atoms with Gasteiger partial charge >= 0.3 is 6.18 Å². The summed E-state index contributed by atoms with van der Waals surface area (Å²) in [7, 11) is 0. The van der Waals surface area contributed by atoms with E-state index in [4.69, 9.17) is 0 Å². The second-order valence-electron chi connectivity index (χ2n) is 3.88. The van der Waals surface area contributed by atoms with E-state index in [0.29, 0.717) is 17.1 Å². The number of hydrogen-bond donors (Lipinski definition) is 1. The molecule has 0 spiro atoms. The lowest BCUT2D eigenvalue weighted by Crippen LogP contribution is -2.08. The fraction of sp³-hybridized carbons (Fsp3) is 0.214. The molecule has 0 unspecified atom stereocenters. The van der Waals surface area contributed by atoms with E-state index in [9.17, 15) is 13.2 Å². The number of alkyl halides is 3. The third-order valence-electron chi connectivity index (χ3n) is 2.36. The molecule has 0 saturated carbocycles. The summed E-state index contributed by atoms with van der Waals surface area (Å²) in [6.45, 7) is 7.38. The summed E-state index contributed by atoms with van der Waals surface area (Å²) in [5.41, 5.74) is 1.06. The van der Waals surface area contributed by atoms with E-state index < -0.39 is 11.7 Å². The van der Waals surface area contributed by atoms with Crippen LogP contribution in [0.25, 0.3) is 0 Å². The number of nitrogens with one attached hydrogen (secondary N) is 1. The van der Waals surface area contributed by atoms with Gasteiger partial charge in [-0.3, -0.25) is 4.99 Å². The predicted molar refractivity (Wildman–Crippen MR) is 72.1 cm³/mol. The zero-order valence-corrected chi connectivity index (χ0v) is 10.8. The van der Waals surface area contributed by atoms with E-state index >= 15 is 0 Å². The minimum atomic E-state index is -4.32. The monoisotopic (exact) mass is 268 g/mol. The lowest BCUT2D eigenvalue weighted by atomic mass is 10.2. The third-order valence-corrected chi connectivity index (χ3v) is 2.36. The molecule has 1 rings (SSSR count). The Bertz CT molecular complexity index is 496.